The van der Waals surface area contributed by atoms with Gasteiger partial charge in [-0.05, 0) is 40.8 Å². The Bertz CT molecular complexity index is 315. The van der Waals surface area contributed by atoms with Gasteiger partial charge in [-0.15, -0.1) is 0 Å². The van der Waals surface area contributed by atoms with Gasteiger partial charge in [0.1, 0.15) is 0 Å². The van der Waals surface area contributed by atoms with E-state index in [0.29, 0.717) is 24.1 Å². The van der Waals surface area contributed by atoms with Gasteiger partial charge < -0.3 is 10.5 Å². The highest BCUT2D eigenvalue weighted by molar-refractivity contribution is 9.10. The van der Waals surface area contributed by atoms with Crippen molar-refractivity contribution in [2.24, 2.45) is 5.92 Å². The van der Waals surface area contributed by atoms with Crippen LogP contribution in [0.15, 0.2) is 16.7 Å². The number of ether oxygens (including phenoxy) is 1. The number of halogens is 1. The SMILES string of the molecule is CC(C)CCCOc1ncc(Br)cc1N. The summed E-state index contributed by atoms with van der Waals surface area (Å²) in [7, 11) is 0. The third-order valence-corrected chi connectivity index (χ3v) is 2.44. The molecule has 0 unspecified atom stereocenters. The third-order valence-electron chi connectivity index (χ3n) is 2.01. The van der Waals surface area contributed by atoms with E-state index in [0.717, 1.165) is 17.3 Å². The van der Waals surface area contributed by atoms with Crippen molar-refractivity contribution in [3.8, 4) is 5.88 Å². The van der Waals surface area contributed by atoms with Gasteiger partial charge in [0.05, 0.1) is 12.3 Å². The van der Waals surface area contributed by atoms with Crippen LogP contribution < -0.4 is 10.5 Å². The van der Waals surface area contributed by atoms with Crippen LogP contribution in [-0.2, 0) is 0 Å². The first-order chi connectivity index (χ1) is 7.09. The number of anilines is 1. The smallest absolute Gasteiger partial charge is 0.237 e. The van der Waals surface area contributed by atoms with E-state index in [1.165, 1.54) is 0 Å². The minimum Gasteiger partial charge on any atom is -0.476 e. The van der Waals surface area contributed by atoms with E-state index in [9.17, 15) is 0 Å². The van der Waals surface area contributed by atoms with Crippen LogP contribution in [0.3, 0.4) is 0 Å². The lowest BCUT2D eigenvalue weighted by atomic mass is 10.1. The maximum Gasteiger partial charge on any atom is 0.237 e. The Labute approximate surface area is 99.2 Å². The van der Waals surface area contributed by atoms with Gasteiger partial charge in [-0.1, -0.05) is 13.8 Å². The standard InChI is InChI=1S/C11H17BrN2O/c1-8(2)4-3-5-15-11-10(13)6-9(12)7-14-11/h6-8H,3-5,13H2,1-2H3. The minimum atomic E-state index is 0.530. The molecule has 1 heterocycles. The normalized spacial score (nSPS) is 10.7. The molecular formula is C11H17BrN2O. The average Bonchev–Trinajstić information content (AvgIpc) is 2.14. The van der Waals surface area contributed by atoms with Gasteiger partial charge >= 0.3 is 0 Å². The van der Waals surface area contributed by atoms with Crippen LogP contribution in [0.4, 0.5) is 5.69 Å². The Hall–Kier alpha value is -0.770. The minimum absolute atomic E-state index is 0.530. The molecule has 1 aromatic heterocycles. The molecule has 3 nitrogen and oxygen atoms in total. The molecule has 0 aliphatic carbocycles. The highest BCUT2D eigenvalue weighted by Gasteiger charge is 2.02. The van der Waals surface area contributed by atoms with Crippen molar-refractivity contribution >= 4 is 21.6 Å². The monoisotopic (exact) mass is 272 g/mol. The molecule has 0 saturated heterocycles. The Morgan fingerprint density at radius 3 is 2.87 bits per heavy atom. The quantitative estimate of drug-likeness (QED) is 0.838. The Morgan fingerprint density at radius 2 is 2.27 bits per heavy atom. The summed E-state index contributed by atoms with van der Waals surface area (Å²) >= 11 is 3.30. The Balaban J connectivity index is 2.37. The second-order valence-corrected chi connectivity index (χ2v) is 4.85. The van der Waals surface area contributed by atoms with E-state index in [2.05, 4.69) is 34.8 Å². The highest BCUT2D eigenvalue weighted by atomic mass is 79.9. The van der Waals surface area contributed by atoms with Crippen molar-refractivity contribution in [3.63, 3.8) is 0 Å². The molecule has 0 spiro atoms. The zero-order chi connectivity index (χ0) is 11.3. The lowest BCUT2D eigenvalue weighted by Gasteiger charge is -2.08. The molecule has 0 aromatic carbocycles. The van der Waals surface area contributed by atoms with Crippen LogP contribution in [0.5, 0.6) is 5.88 Å². The molecule has 0 bridgehead atoms. The Kier molecular flexibility index (Phi) is 4.88. The number of nitrogen functional groups attached to an aromatic ring is 1. The molecular weight excluding hydrogens is 256 g/mol. The predicted octanol–water partition coefficient (Wildman–Crippen LogP) is 3.24. The molecule has 0 fully saturated rings. The molecule has 2 N–H and O–H groups in total. The fourth-order valence-corrected chi connectivity index (χ4v) is 1.57. The summed E-state index contributed by atoms with van der Waals surface area (Å²) in [6.07, 6.45) is 3.89. The van der Waals surface area contributed by atoms with Crippen molar-refractivity contribution in [1.29, 1.82) is 0 Å². The van der Waals surface area contributed by atoms with E-state index < -0.39 is 0 Å². The average molecular weight is 273 g/mol. The number of pyridine rings is 1. The van der Waals surface area contributed by atoms with E-state index in [4.69, 9.17) is 10.5 Å². The first-order valence-corrected chi connectivity index (χ1v) is 5.92. The van der Waals surface area contributed by atoms with Crippen molar-refractivity contribution in [3.05, 3.63) is 16.7 Å². The lowest BCUT2D eigenvalue weighted by Crippen LogP contribution is -2.03. The fourth-order valence-electron chi connectivity index (χ4n) is 1.22. The summed E-state index contributed by atoms with van der Waals surface area (Å²) in [5.41, 5.74) is 6.32. The van der Waals surface area contributed by atoms with Gasteiger partial charge in [-0.2, -0.15) is 0 Å². The summed E-state index contributed by atoms with van der Waals surface area (Å²) in [5.74, 6) is 1.24. The Morgan fingerprint density at radius 1 is 1.53 bits per heavy atom. The van der Waals surface area contributed by atoms with Crippen molar-refractivity contribution in [2.75, 3.05) is 12.3 Å². The second kappa shape index (κ2) is 5.95. The van der Waals surface area contributed by atoms with Gasteiger partial charge in [-0.3, -0.25) is 0 Å². The summed E-state index contributed by atoms with van der Waals surface area (Å²) in [5, 5.41) is 0. The van der Waals surface area contributed by atoms with Crippen LogP contribution >= 0.6 is 15.9 Å². The van der Waals surface area contributed by atoms with Crippen molar-refractivity contribution in [2.45, 2.75) is 26.7 Å². The first-order valence-electron chi connectivity index (χ1n) is 5.13. The third kappa shape index (κ3) is 4.51. The predicted molar refractivity (Wildman–Crippen MR) is 65.9 cm³/mol. The van der Waals surface area contributed by atoms with E-state index in [-0.39, 0.29) is 0 Å². The van der Waals surface area contributed by atoms with Gasteiger partial charge in [0.25, 0.3) is 0 Å². The number of hydrogen-bond acceptors (Lipinski definition) is 3. The first kappa shape index (κ1) is 12.3. The molecule has 0 amide bonds. The number of rotatable bonds is 5. The van der Waals surface area contributed by atoms with Gasteiger partial charge in [0.2, 0.25) is 5.88 Å². The highest BCUT2D eigenvalue weighted by Crippen LogP contribution is 2.22. The van der Waals surface area contributed by atoms with Crippen molar-refractivity contribution < 1.29 is 4.74 Å². The molecule has 0 saturated carbocycles. The van der Waals surface area contributed by atoms with Crippen LogP contribution in [0.2, 0.25) is 0 Å². The summed E-state index contributed by atoms with van der Waals surface area (Å²) in [6.45, 7) is 5.08. The zero-order valence-corrected chi connectivity index (χ0v) is 10.8. The molecule has 84 valence electrons. The van der Waals surface area contributed by atoms with Crippen LogP contribution in [0, 0.1) is 5.92 Å². The van der Waals surface area contributed by atoms with Crippen LogP contribution in [-0.4, -0.2) is 11.6 Å². The van der Waals surface area contributed by atoms with Crippen molar-refractivity contribution in [1.82, 2.24) is 4.98 Å². The van der Waals surface area contributed by atoms with Gasteiger partial charge in [0, 0.05) is 10.7 Å². The molecule has 4 heteroatoms. The van der Waals surface area contributed by atoms with Crippen LogP contribution in [0.25, 0.3) is 0 Å². The number of hydrogen-bond donors (Lipinski definition) is 1. The molecule has 0 aliphatic heterocycles. The topological polar surface area (TPSA) is 48.1 Å². The second-order valence-electron chi connectivity index (χ2n) is 3.93. The lowest BCUT2D eigenvalue weighted by molar-refractivity contribution is 0.289. The number of nitrogens with zero attached hydrogens (tertiary/aromatic N) is 1. The molecule has 0 radical (unpaired) electrons. The molecule has 1 rings (SSSR count). The fraction of sp³-hybridized carbons (Fsp3) is 0.545. The molecule has 1 aromatic rings. The summed E-state index contributed by atoms with van der Waals surface area (Å²) in [6, 6.07) is 1.80. The van der Waals surface area contributed by atoms with E-state index in [1.54, 1.807) is 12.3 Å². The number of aromatic nitrogens is 1. The maximum atomic E-state index is 5.75. The zero-order valence-electron chi connectivity index (χ0n) is 9.16. The summed E-state index contributed by atoms with van der Waals surface area (Å²) in [4.78, 5) is 4.10. The molecule has 0 aliphatic rings. The maximum absolute atomic E-state index is 5.75. The van der Waals surface area contributed by atoms with Gasteiger partial charge in [-0.25, -0.2) is 4.98 Å². The summed E-state index contributed by atoms with van der Waals surface area (Å²) < 4.78 is 6.36. The van der Waals surface area contributed by atoms with E-state index in [1.807, 2.05) is 0 Å². The molecule has 0 atom stereocenters. The number of nitrogens with two attached hydrogens (primary N) is 1. The van der Waals surface area contributed by atoms with Crippen LogP contribution in [0.1, 0.15) is 26.7 Å². The largest absolute Gasteiger partial charge is 0.476 e. The van der Waals surface area contributed by atoms with E-state index >= 15 is 0 Å². The van der Waals surface area contributed by atoms with Gasteiger partial charge in [0.15, 0.2) is 0 Å². The molecule has 15 heavy (non-hydrogen) atoms.